The van der Waals surface area contributed by atoms with Gasteiger partial charge in [0, 0.05) is 42.8 Å². The zero-order valence-corrected chi connectivity index (χ0v) is 14.4. The Hall–Kier alpha value is -0.720. The van der Waals surface area contributed by atoms with Gasteiger partial charge >= 0.3 is 0 Å². The van der Waals surface area contributed by atoms with Crippen molar-refractivity contribution in [3.8, 4) is 0 Å². The SMILES string of the molecule is CCSCCN(CCSCC)Cc1ccccc1[N+](=O)[O-]. The van der Waals surface area contributed by atoms with Crippen LogP contribution in [0.25, 0.3) is 0 Å². The van der Waals surface area contributed by atoms with Gasteiger partial charge in [0.05, 0.1) is 4.92 Å². The number of thioether (sulfide) groups is 2. The van der Waals surface area contributed by atoms with Crippen molar-refractivity contribution in [3.63, 3.8) is 0 Å². The van der Waals surface area contributed by atoms with Crippen LogP contribution < -0.4 is 0 Å². The summed E-state index contributed by atoms with van der Waals surface area (Å²) in [6.07, 6.45) is 0. The summed E-state index contributed by atoms with van der Waals surface area (Å²) in [5, 5.41) is 11.1. The van der Waals surface area contributed by atoms with Crippen LogP contribution >= 0.6 is 23.5 Å². The molecule has 0 N–H and O–H groups in total. The van der Waals surface area contributed by atoms with Crippen LogP contribution in [-0.2, 0) is 6.54 Å². The van der Waals surface area contributed by atoms with E-state index in [9.17, 15) is 10.1 Å². The second-order valence-electron chi connectivity index (χ2n) is 4.56. The van der Waals surface area contributed by atoms with E-state index in [1.165, 1.54) is 0 Å². The van der Waals surface area contributed by atoms with Gasteiger partial charge in [-0.3, -0.25) is 15.0 Å². The van der Waals surface area contributed by atoms with Crippen LogP contribution in [0.2, 0.25) is 0 Å². The van der Waals surface area contributed by atoms with Gasteiger partial charge in [-0.2, -0.15) is 23.5 Å². The summed E-state index contributed by atoms with van der Waals surface area (Å²) in [7, 11) is 0. The van der Waals surface area contributed by atoms with Gasteiger partial charge in [0.1, 0.15) is 0 Å². The number of nitro benzene ring substituents is 1. The van der Waals surface area contributed by atoms with Crippen molar-refractivity contribution in [2.45, 2.75) is 20.4 Å². The Morgan fingerprint density at radius 1 is 1.10 bits per heavy atom. The topological polar surface area (TPSA) is 46.4 Å². The van der Waals surface area contributed by atoms with E-state index in [1.807, 2.05) is 35.7 Å². The fraction of sp³-hybridized carbons (Fsp3) is 0.600. The minimum absolute atomic E-state index is 0.230. The molecular formula is C15H24N2O2S2. The highest BCUT2D eigenvalue weighted by Crippen LogP contribution is 2.20. The molecule has 0 fully saturated rings. The van der Waals surface area contributed by atoms with Crippen LogP contribution in [0.4, 0.5) is 5.69 Å². The zero-order chi connectivity index (χ0) is 15.5. The lowest BCUT2D eigenvalue weighted by Gasteiger charge is -2.22. The first-order valence-corrected chi connectivity index (χ1v) is 9.60. The van der Waals surface area contributed by atoms with E-state index in [2.05, 4.69) is 18.7 Å². The number of para-hydroxylation sites is 1. The third-order valence-corrected chi connectivity index (χ3v) is 4.85. The predicted octanol–water partition coefficient (Wildman–Crippen LogP) is 3.90. The quantitative estimate of drug-likeness (QED) is 0.350. The fourth-order valence-electron chi connectivity index (χ4n) is 2.01. The second kappa shape index (κ2) is 10.9. The Bertz CT molecular complexity index is 420. The molecule has 0 spiro atoms. The molecular weight excluding hydrogens is 304 g/mol. The summed E-state index contributed by atoms with van der Waals surface area (Å²) in [6, 6.07) is 7.06. The normalized spacial score (nSPS) is 11.0. The average Bonchev–Trinajstić information content (AvgIpc) is 2.48. The van der Waals surface area contributed by atoms with E-state index >= 15 is 0 Å². The van der Waals surface area contributed by atoms with Gasteiger partial charge in [-0.15, -0.1) is 0 Å². The van der Waals surface area contributed by atoms with Gasteiger partial charge in [-0.1, -0.05) is 32.0 Å². The number of hydrogen-bond donors (Lipinski definition) is 0. The number of nitrogens with zero attached hydrogens (tertiary/aromatic N) is 2. The minimum atomic E-state index is -0.283. The number of nitro groups is 1. The van der Waals surface area contributed by atoms with E-state index in [1.54, 1.807) is 12.1 Å². The standard InChI is InChI=1S/C15H24N2O2S2/c1-3-20-11-9-16(10-12-21-4-2)13-14-7-5-6-8-15(14)17(18)19/h5-8H,3-4,9-13H2,1-2H3. The van der Waals surface area contributed by atoms with Gasteiger partial charge < -0.3 is 0 Å². The first kappa shape index (κ1) is 18.3. The molecule has 0 saturated carbocycles. The van der Waals surface area contributed by atoms with Crippen LogP contribution in [0.5, 0.6) is 0 Å². The molecule has 0 amide bonds. The van der Waals surface area contributed by atoms with E-state index in [0.29, 0.717) is 6.54 Å². The molecule has 118 valence electrons. The van der Waals surface area contributed by atoms with E-state index in [0.717, 1.165) is 41.7 Å². The molecule has 0 atom stereocenters. The van der Waals surface area contributed by atoms with Crippen molar-refractivity contribution in [1.29, 1.82) is 0 Å². The van der Waals surface area contributed by atoms with Crippen molar-refractivity contribution in [1.82, 2.24) is 4.90 Å². The van der Waals surface area contributed by atoms with Crippen molar-refractivity contribution < 1.29 is 4.92 Å². The highest BCUT2D eigenvalue weighted by molar-refractivity contribution is 7.99. The van der Waals surface area contributed by atoms with E-state index in [4.69, 9.17) is 0 Å². The van der Waals surface area contributed by atoms with Crippen LogP contribution in [0.3, 0.4) is 0 Å². The van der Waals surface area contributed by atoms with Crippen molar-refractivity contribution >= 4 is 29.2 Å². The summed E-state index contributed by atoms with van der Waals surface area (Å²) in [5.74, 6) is 4.38. The lowest BCUT2D eigenvalue weighted by Crippen LogP contribution is -2.28. The van der Waals surface area contributed by atoms with Gasteiger partial charge in [-0.05, 0) is 11.5 Å². The smallest absolute Gasteiger partial charge is 0.273 e. The summed E-state index contributed by atoms with van der Waals surface area (Å²) in [6.45, 7) is 6.93. The van der Waals surface area contributed by atoms with Gasteiger partial charge in [0.25, 0.3) is 5.69 Å². The molecule has 0 aliphatic heterocycles. The van der Waals surface area contributed by atoms with Crippen molar-refractivity contribution in [3.05, 3.63) is 39.9 Å². The van der Waals surface area contributed by atoms with Crippen LogP contribution in [0, 0.1) is 10.1 Å². The van der Waals surface area contributed by atoms with Gasteiger partial charge in [0.2, 0.25) is 0 Å². The maximum atomic E-state index is 11.1. The molecule has 0 aliphatic carbocycles. The Morgan fingerprint density at radius 2 is 1.67 bits per heavy atom. The van der Waals surface area contributed by atoms with Gasteiger partial charge in [0.15, 0.2) is 0 Å². The molecule has 1 aromatic carbocycles. The van der Waals surface area contributed by atoms with Crippen molar-refractivity contribution in [2.75, 3.05) is 36.1 Å². The molecule has 4 nitrogen and oxygen atoms in total. The first-order valence-electron chi connectivity index (χ1n) is 7.29. The monoisotopic (exact) mass is 328 g/mol. The Morgan fingerprint density at radius 3 is 2.19 bits per heavy atom. The number of hydrogen-bond acceptors (Lipinski definition) is 5. The highest BCUT2D eigenvalue weighted by atomic mass is 32.2. The molecule has 21 heavy (non-hydrogen) atoms. The summed E-state index contributed by atoms with van der Waals surface area (Å²) < 4.78 is 0. The van der Waals surface area contributed by atoms with Crippen LogP contribution in [-0.4, -0.2) is 45.9 Å². The largest absolute Gasteiger partial charge is 0.297 e. The lowest BCUT2D eigenvalue weighted by molar-refractivity contribution is -0.385. The molecule has 0 radical (unpaired) electrons. The molecule has 1 rings (SSSR count). The maximum Gasteiger partial charge on any atom is 0.273 e. The third kappa shape index (κ3) is 7.20. The summed E-state index contributed by atoms with van der Waals surface area (Å²) in [4.78, 5) is 13.1. The second-order valence-corrected chi connectivity index (χ2v) is 7.34. The number of benzene rings is 1. The Kier molecular flexibility index (Phi) is 9.54. The molecule has 6 heteroatoms. The fourth-order valence-corrected chi connectivity index (χ4v) is 3.36. The summed E-state index contributed by atoms with van der Waals surface area (Å²) in [5.41, 5.74) is 1.04. The van der Waals surface area contributed by atoms with Crippen LogP contribution in [0.1, 0.15) is 19.4 Å². The molecule has 0 aromatic heterocycles. The van der Waals surface area contributed by atoms with E-state index in [-0.39, 0.29) is 10.6 Å². The highest BCUT2D eigenvalue weighted by Gasteiger charge is 2.15. The number of rotatable bonds is 11. The lowest BCUT2D eigenvalue weighted by atomic mass is 10.1. The molecule has 0 unspecified atom stereocenters. The van der Waals surface area contributed by atoms with Crippen LogP contribution in [0.15, 0.2) is 24.3 Å². The zero-order valence-electron chi connectivity index (χ0n) is 12.8. The minimum Gasteiger partial charge on any atom is -0.297 e. The molecule has 0 bridgehead atoms. The summed E-state index contributed by atoms with van der Waals surface area (Å²) >= 11 is 3.83. The first-order chi connectivity index (χ1) is 10.2. The molecule has 0 heterocycles. The van der Waals surface area contributed by atoms with E-state index < -0.39 is 0 Å². The van der Waals surface area contributed by atoms with Gasteiger partial charge in [-0.25, -0.2) is 0 Å². The Balaban J connectivity index is 2.67. The Labute approximate surface area is 135 Å². The van der Waals surface area contributed by atoms with Crippen molar-refractivity contribution in [2.24, 2.45) is 0 Å². The predicted molar refractivity (Wildman–Crippen MR) is 94.4 cm³/mol. The third-order valence-electron chi connectivity index (χ3n) is 3.09. The molecule has 0 saturated heterocycles. The average molecular weight is 329 g/mol. The molecule has 0 aliphatic rings. The maximum absolute atomic E-state index is 11.1. The molecule has 1 aromatic rings.